The summed E-state index contributed by atoms with van der Waals surface area (Å²) in [5.74, 6) is 0.832. The Morgan fingerprint density at radius 3 is 2.72 bits per heavy atom. The molecule has 5 nitrogen and oxygen atoms in total. The van der Waals surface area contributed by atoms with Crippen molar-refractivity contribution in [2.75, 3.05) is 31.1 Å². The van der Waals surface area contributed by atoms with Gasteiger partial charge >= 0.3 is 5.97 Å². The highest BCUT2D eigenvalue weighted by Crippen LogP contribution is 2.34. The lowest BCUT2D eigenvalue weighted by Gasteiger charge is -2.33. The molecule has 1 aliphatic heterocycles. The highest BCUT2D eigenvalue weighted by atomic mass is 16.5. The SMILES string of the molecule is CC(C)OC(=O)C1CCCC(Oc2ccccc2N2CCNCC2)C1. The summed E-state index contributed by atoms with van der Waals surface area (Å²) in [5, 5.41) is 3.39. The van der Waals surface area contributed by atoms with Gasteiger partial charge in [-0.05, 0) is 51.7 Å². The van der Waals surface area contributed by atoms with E-state index >= 15 is 0 Å². The summed E-state index contributed by atoms with van der Waals surface area (Å²) >= 11 is 0. The van der Waals surface area contributed by atoms with Gasteiger partial charge in [-0.2, -0.15) is 0 Å². The number of nitrogens with zero attached hydrogens (tertiary/aromatic N) is 1. The molecule has 138 valence electrons. The van der Waals surface area contributed by atoms with Crippen LogP contribution in [0.5, 0.6) is 5.75 Å². The van der Waals surface area contributed by atoms with Crippen molar-refractivity contribution in [3.63, 3.8) is 0 Å². The van der Waals surface area contributed by atoms with Crippen LogP contribution in [-0.2, 0) is 9.53 Å². The molecule has 2 aliphatic rings. The third-order valence-corrected chi connectivity index (χ3v) is 4.93. The third-order valence-electron chi connectivity index (χ3n) is 4.93. The number of hydrogen-bond acceptors (Lipinski definition) is 5. The molecule has 0 bridgehead atoms. The highest BCUT2D eigenvalue weighted by molar-refractivity contribution is 5.72. The second-order valence-electron chi connectivity index (χ2n) is 7.29. The minimum atomic E-state index is -0.0707. The van der Waals surface area contributed by atoms with E-state index in [-0.39, 0.29) is 24.1 Å². The monoisotopic (exact) mass is 346 g/mol. The number of piperazine rings is 1. The smallest absolute Gasteiger partial charge is 0.309 e. The summed E-state index contributed by atoms with van der Waals surface area (Å²) in [5.41, 5.74) is 1.16. The minimum Gasteiger partial charge on any atom is -0.488 e. The van der Waals surface area contributed by atoms with E-state index in [2.05, 4.69) is 22.3 Å². The summed E-state index contributed by atoms with van der Waals surface area (Å²) < 4.78 is 11.8. The summed E-state index contributed by atoms with van der Waals surface area (Å²) in [6.45, 7) is 7.79. The zero-order chi connectivity index (χ0) is 17.6. The van der Waals surface area contributed by atoms with E-state index in [1.807, 2.05) is 26.0 Å². The maximum atomic E-state index is 12.2. The van der Waals surface area contributed by atoms with Crippen LogP contribution in [0.2, 0.25) is 0 Å². The molecule has 25 heavy (non-hydrogen) atoms. The number of ether oxygens (including phenoxy) is 2. The topological polar surface area (TPSA) is 50.8 Å². The number of nitrogens with one attached hydrogen (secondary N) is 1. The number of anilines is 1. The Balaban J connectivity index is 1.64. The predicted molar refractivity (Wildman–Crippen MR) is 99.1 cm³/mol. The third kappa shape index (κ3) is 4.88. The van der Waals surface area contributed by atoms with Gasteiger partial charge in [0.05, 0.1) is 23.8 Å². The second kappa shape index (κ2) is 8.56. The van der Waals surface area contributed by atoms with Crippen LogP contribution in [0.4, 0.5) is 5.69 Å². The molecule has 1 N–H and O–H groups in total. The molecule has 0 radical (unpaired) electrons. The predicted octanol–water partition coefficient (Wildman–Crippen LogP) is 2.99. The Morgan fingerprint density at radius 1 is 1.20 bits per heavy atom. The lowest BCUT2D eigenvalue weighted by molar-refractivity contribution is -0.154. The van der Waals surface area contributed by atoms with Crippen molar-refractivity contribution >= 4 is 11.7 Å². The van der Waals surface area contributed by atoms with Gasteiger partial charge in [-0.3, -0.25) is 4.79 Å². The fraction of sp³-hybridized carbons (Fsp3) is 0.650. The van der Waals surface area contributed by atoms with E-state index in [4.69, 9.17) is 9.47 Å². The van der Waals surface area contributed by atoms with Crippen LogP contribution >= 0.6 is 0 Å². The molecule has 2 unspecified atom stereocenters. The van der Waals surface area contributed by atoms with E-state index in [1.54, 1.807) is 0 Å². The minimum absolute atomic E-state index is 0.0347. The normalized spacial score (nSPS) is 24.2. The molecule has 2 atom stereocenters. The Hall–Kier alpha value is -1.75. The fourth-order valence-electron chi connectivity index (χ4n) is 3.70. The second-order valence-corrected chi connectivity index (χ2v) is 7.29. The molecule has 1 aromatic carbocycles. The van der Waals surface area contributed by atoms with Gasteiger partial charge < -0.3 is 19.7 Å². The quantitative estimate of drug-likeness (QED) is 0.831. The van der Waals surface area contributed by atoms with Crippen molar-refractivity contribution in [1.29, 1.82) is 0 Å². The van der Waals surface area contributed by atoms with Crippen LogP contribution in [0.1, 0.15) is 39.5 Å². The van der Waals surface area contributed by atoms with Crippen LogP contribution in [0.25, 0.3) is 0 Å². The van der Waals surface area contributed by atoms with E-state index in [0.29, 0.717) is 0 Å². The van der Waals surface area contributed by atoms with Crippen molar-refractivity contribution in [3.8, 4) is 5.75 Å². The van der Waals surface area contributed by atoms with Crippen molar-refractivity contribution in [1.82, 2.24) is 5.32 Å². The van der Waals surface area contributed by atoms with Crippen molar-refractivity contribution in [2.24, 2.45) is 5.92 Å². The summed E-state index contributed by atoms with van der Waals surface area (Å²) in [4.78, 5) is 14.6. The maximum absolute atomic E-state index is 12.2. The van der Waals surface area contributed by atoms with E-state index in [0.717, 1.165) is 63.3 Å². The first kappa shape index (κ1) is 18.1. The van der Waals surface area contributed by atoms with Gasteiger partial charge in [-0.1, -0.05) is 12.1 Å². The number of carbonyl (C=O) groups is 1. The summed E-state index contributed by atoms with van der Waals surface area (Å²) in [6.07, 6.45) is 3.70. The number of rotatable bonds is 5. The Kier molecular flexibility index (Phi) is 6.19. The number of esters is 1. The molecule has 5 heteroatoms. The van der Waals surface area contributed by atoms with Gasteiger partial charge in [0.25, 0.3) is 0 Å². The number of carbonyl (C=O) groups excluding carboxylic acids is 1. The van der Waals surface area contributed by atoms with Gasteiger partial charge in [-0.15, -0.1) is 0 Å². The van der Waals surface area contributed by atoms with Gasteiger partial charge in [0.15, 0.2) is 0 Å². The van der Waals surface area contributed by atoms with Gasteiger partial charge in [-0.25, -0.2) is 0 Å². The van der Waals surface area contributed by atoms with Crippen LogP contribution in [0, 0.1) is 5.92 Å². The summed E-state index contributed by atoms with van der Waals surface area (Å²) in [7, 11) is 0. The van der Waals surface area contributed by atoms with E-state index in [1.165, 1.54) is 0 Å². The lowest BCUT2D eigenvalue weighted by Crippen LogP contribution is -2.43. The largest absolute Gasteiger partial charge is 0.488 e. The van der Waals surface area contributed by atoms with Crippen LogP contribution in [0.3, 0.4) is 0 Å². The van der Waals surface area contributed by atoms with Gasteiger partial charge in [0.1, 0.15) is 5.75 Å². The fourth-order valence-corrected chi connectivity index (χ4v) is 3.70. The molecular weight excluding hydrogens is 316 g/mol. The van der Waals surface area contributed by atoms with E-state index in [9.17, 15) is 4.79 Å². The molecule has 1 saturated carbocycles. The van der Waals surface area contributed by atoms with Gasteiger partial charge in [0.2, 0.25) is 0 Å². The van der Waals surface area contributed by atoms with Crippen LogP contribution < -0.4 is 15.0 Å². The average Bonchev–Trinajstić information content (AvgIpc) is 2.63. The highest BCUT2D eigenvalue weighted by Gasteiger charge is 2.30. The molecule has 0 amide bonds. The number of benzene rings is 1. The van der Waals surface area contributed by atoms with Crippen molar-refractivity contribution in [3.05, 3.63) is 24.3 Å². The zero-order valence-corrected chi connectivity index (χ0v) is 15.4. The van der Waals surface area contributed by atoms with Gasteiger partial charge in [0, 0.05) is 26.2 Å². The Labute approximate surface area is 150 Å². The molecule has 1 aromatic rings. The Morgan fingerprint density at radius 2 is 1.96 bits per heavy atom. The molecular formula is C20H30N2O3. The number of hydrogen-bond donors (Lipinski definition) is 1. The first-order valence-corrected chi connectivity index (χ1v) is 9.55. The average molecular weight is 346 g/mol. The molecule has 0 spiro atoms. The first-order chi connectivity index (χ1) is 12.1. The lowest BCUT2D eigenvalue weighted by atomic mass is 9.87. The molecule has 1 heterocycles. The maximum Gasteiger partial charge on any atom is 0.309 e. The molecule has 1 saturated heterocycles. The standard InChI is InChI=1S/C20H30N2O3/c1-15(2)24-20(23)16-6-5-7-17(14-16)25-19-9-4-3-8-18(19)22-12-10-21-11-13-22/h3-4,8-9,15-17,21H,5-7,10-14H2,1-2H3. The molecule has 1 aliphatic carbocycles. The molecule has 3 rings (SSSR count). The van der Waals surface area contributed by atoms with Crippen molar-refractivity contribution in [2.45, 2.75) is 51.7 Å². The summed E-state index contributed by atoms with van der Waals surface area (Å²) in [6, 6.07) is 8.27. The first-order valence-electron chi connectivity index (χ1n) is 9.55. The molecule has 2 fully saturated rings. The number of para-hydroxylation sites is 2. The Bertz CT molecular complexity index is 570. The van der Waals surface area contributed by atoms with Crippen LogP contribution in [0.15, 0.2) is 24.3 Å². The molecule has 0 aromatic heterocycles. The van der Waals surface area contributed by atoms with E-state index < -0.39 is 0 Å². The van der Waals surface area contributed by atoms with Crippen molar-refractivity contribution < 1.29 is 14.3 Å². The zero-order valence-electron chi connectivity index (χ0n) is 15.4. The van der Waals surface area contributed by atoms with Crippen LogP contribution in [-0.4, -0.2) is 44.4 Å².